The Morgan fingerprint density at radius 1 is 1.47 bits per heavy atom. The molecule has 2 aromatic heterocycles. The third-order valence-electron chi connectivity index (χ3n) is 3.79. The molecule has 1 atom stereocenters. The minimum Gasteiger partial charge on any atom is -0.329 e. The summed E-state index contributed by atoms with van der Waals surface area (Å²) in [6.45, 7) is 2.78. The molecule has 2 heterocycles. The van der Waals surface area contributed by atoms with Crippen LogP contribution < -0.4 is 17.0 Å². The molecule has 19 heavy (non-hydrogen) atoms. The molecule has 5 nitrogen and oxygen atoms in total. The molecule has 6 heteroatoms. The largest absolute Gasteiger partial charge is 0.329 e. The van der Waals surface area contributed by atoms with Gasteiger partial charge in [0.25, 0.3) is 5.56 Å². The number of hydrogen-bond acceptors (Lipinski definition) is 4. The quantitative estimate of drug-likeness (QED) is 0.854. The van der Waals surface area contributed by atoms with Crippen molar-refractivity contribution in [1.82, 2.24) is 9.55 Å². The van der Waals surface area contributed by atoms with E-state index in [-0.39, 0.29) is 24.3 Å². The molecular formula is C13H17N3O2S. The van der Waals surface area contributed by atoms with Crippen molar-refractivity contribution in [3.63, 3.8) is 0 Å². The number of thiophene rings is 1. The Morgan fingerprint density at radius 2 is 2.26 bits per heavy atom. The summed E-state index contributed by atoms with van der Waals surface area (Å²) >= 11 is 1.56. The van der Waals surface area contributed by atoms with Gasteiger partial charge < -0.3 is 5.73 Å². The van der Waals surface area contributed by atoms with Gasteiger partial charge in [0.05, 0.1) is 5.39 Å². The van der Waals surface area contributed by atoms with Crippen molar-refractivity contribution in [1.29, 1.82) is 0 Å². The predicted octanol–water partition coefficient (Wildman–Crippen LogP) is 0.835. The molecule has 0 aliphatic heterocycles. The summed E-state index contributed by atoms with van der Waals surface area (Å²) in [6.07, 6.45) is 3.04. The van der Waals surface area contributed by atoms with Gasteiger partial charge in [0.15, 0.2) is 0 Å². The van der Waals surface area contributed by atoms with Crippen LogP contribution >= 0.6 is 11.3 Å². The minimum atomic E-state index is -0.352. The van der Waals surface area contributed by atoms with E-state index in [4.69, 9.17) is 5.73 Å². The summed E-state index contributed by atoms with van der Waals surface area (Å²) in [5, 5.41) is 0.708. The van der Waals surface area contributed by atoms with E-state index >= 15 is 0 Å². The molecule has 102 valence electrons. The number of fused-ring (bicyclic) bond motifs is 3. The maximum Gasteiger partial charge on any atom is 0.329 e. The number of hydrogen-bond donors (Lipinski definition) is 2. The van der Waals surface area contributed by atoms with Crippen molar-refractivity contribution < 1.29 is 0 Å². The first-order chi connectivity index (χ1) is 9.11. The summed E-state index contributed by atoms with van der Waals surface area (Å²) in [4.78, 5) is 29.1. The second-order valence-electron chi connectivity index (χ2n) is 5.23. The van der Waals surface area contributed by atoms with Crippen molar-refractivity contribution in [2.45, 2.75) is 32.7 Å². The highest BCUT2D eigenvalue weighted by molar-refractivity contribution is 7.18. The molecule has 3 rings (SSSR count). The lowest BCUT2D eigenvalue weighted by Gasteiger charge is -2.17. The smallest absolute Gasteiger partial charge is 0.329 e. The summed E-state index contributed by atoms with van der Waals surface area (Å²) in [5.74, 6) is 0.651. The average Bonchev–Trinajstić information content (AvgIpc) is 2.71. The Balaban J connectivity index is 2.30. The molecule has 3 N–H and O–H groups in total. The summed E-state index contributed by atoms with van der Waals surface area (Å²) < 4.78 is 1.22. The molecule has 1 aliphatic rings. The first kappa shape index (κ1) is 12.6. The molecule has 2 aromatic rings. The first-order valence-corrected chi connectivity index (χ1v) is 7.41. The Morgan fingerprint density at radius 3 is 3.00 bits per heavy atom. The second kappa shape index (κ2) is 4.61. The van der Waals surface area contributed by atoms with Gasteiger partial charge in [0, 0.05) is 18.0 Å². The van der Waals surface area contributed by atoms with Gasteiger partial charge in [0.1, 0.15) is 4.83 Å². The van der Waals surface area contributed by atoms with Gasteiger partial charge in [-0.05, 0) is 30.7 Å². The predicted molar refractivity (Wildman–Crippen MR) is 76.9 cm³/mol. The summed E-state index contributed by atoms with van der Waals surface area (Å²) in [6, 6.07) is 0. The van der Waals surface area contributed by atoms with E-state index in [1.54, 1.807) is 11.3 Å². The normalized spacial score (nSPS) is 18.7. The van der Waals surface area contributed by atoms with E-state index in [1.807, 2.05) is 0 Å². The number of aromatic amines is 1. The molecule has 0 aromatic carbocycles. The first-order valence-electron chi connectivity index (χ1n) is 6.59. The number of nitrogens with zero attached hydrogens (tertiary/aromatic N) is 1. The lowest BCUT2D eigenvalue weighted by atomic mass is 9.89. The van der Waals surface area contributed by atoms with Crippen LogP contribution in [-0.4, -0.2) is 16.1 Å². The fraction of sp³-hybridized carbons (Fsp3) is 0.538. The highest BCUT2D eigenvalue weighted by Crippen LogP contribution is 2.35. The Hall–Kier alpha value is -1.40. The third kappa shape index (κ3) is 1.95. The molecule has 0 saturated heterocycles. The van der Waals surface area contributed by atoms with E-state index in [1.165, 1.54) is 9.44 Å². The highest BCUT2D eigenvalue weighted by Gasteiger charge is 2.23. The van der Waals surface area contributed by atoms with E-state index in [2.05, 4.69) is 11.9 Å². The SMILES string of the molecule is CC1CCc2c(sc3[nH]c(=O)n(CCN)c(=O)c23)C1. The molecule has 1 aliphatic carbocycles. The average molecular weight is 279 g/mol. The minimum absolute atomic E-state index is 0.184. The number of nitrogens with one attached hydrogen (secondary N) is 1. The van der Waals surface area contributed by atoms with Crippen LogP contribution in [0.25, 0.3) is 10.2 Å². The van der Waals surface area contributed by atoms with Gasteiger partial charge in [-0.3, -0.25) is 14.3 Å². The van der Waals surface area contributed by atoms with E-state index in [0.717, 1.165) is 29.7 Å². The molecule has 0 spiro atoms. The molecule has 0 saturated carbocycles. The summed E-state index contributed by atoms with van der Waals surface area (Å²) in [5.41, 5.74) is 6.07. The van der Waals surface area contributed by atoms with Gasteiger partial charge in [-0.15, -0.1) is 11.3 Å². The zero-order valence-corrected chi connectivity index (χ0v) is 11.7. The Kier molecular flexibility index (Phi) is 3.06. The number of rotatable bonds is 2. The fourth-order valence-electron chi connectivity index (χ4n) is 2.79. The van der Waals surface area contributed by atoms with E-state index < -0.39 is 0 Å². The lowest BCUT2D eigenvalue weighted by Crippen LogP contribution is -2.37. The van der Waals surface area contributed by atoms with Gasteiger partial charge in [-0.2, -0.15) is 0 Å². The van der Waals surface area contributed by atoms with Crippen molar-refractivity contribution in [3.05, 3.63) is 31.3 Å². The monoisotopic (exact) mass is 279 g/mol. The lowest BCUT2D eigenvalue weighted by molar-refractivity contribution is 0.509. The number of H-pyrrole nitrogens is 1. The van der Waals surface area contributed by atoms with Crippen LogP contribution in [0.5, 0.6) is 0 Å². The maximum absolute atomic E-state index is 12.4. The molecule has 0 amide bonds. The molecule has 1 unspecified atom stereocenters. The van der Waals surface area contributed by atoms with Crippen molar-refractivity contribution >= 4 is 21.6 Å². The standard InChI is InChI=1S/C13H17N3O2S/c1-7-2-3-8-9(6-7)19-11-10(8)12(17)16(5-4-14)13(18)15-11/h7H,2-6,14H2,1H3,(H,15,18). The number of aryl methyl sites for hydroxylation is 1. The molecule has 0 radical (unpaired) electrons. The maximum atomic E-state index is 12.4. The third-order valence-corrected chi connectivity index (χ3v) is 4.96. The van der Waals surface area contributed by atoms with Crippen molar-refractivity contribution in [2.75, 3.05) is 6.54 Å². The zero-order valence-electron chi connectivity index (χ0n) is 10.9. The van der Waals surface area contributed by atoms with E-state index in [0.29, 0.717) is 11.3 Å². The second-order valence-corrected chi connectivity index (χ2v) is 6.34. The van der Waals surface area contributed by atoms with Crippen LogP contribution in [0.3, 0.4) is 0 Å². The van der Waals surface area contributed by atoms with Gasteiger partial charge in [-0.1, -0.05) is 6.92 Å². The summed E-state index contributed by atoms with van der Waals surface area (Å²) in [7, 11) is 0. The Bertz CT molecular complexity index is 741. The van der Waals surface area contributed by atoms with Gasteiger partial charge in [-0.25, -0.2) is 4.79 Å². The zero-order chi connectivity index (χ0) is 13.6. The number of aromatic nitrogens is 2. The molecular weight excluding hydrogens is 262 g/mol. The Labute approximate surface area is 114 Å². The van der Waals surface area contributed by atoms with Crippen LogP contribution in [0.1, 0.15) is 23.8 Å². The van der Waals surface area contributed by atoms with Crippen LogP contribution in [0, 0.1) is 5.92 Å². The fourth-order valence-corrected chi connectivity index (χ4v) is 4.18. The van der Waals surface area contributed by atoms with Gasteiger partial charge >= 0.3 is 5.69 Å². The van der Waals surface area contributed by atoms with Crippen LogP contribution in [0.4, 0.5) is 0 Å². The molecule has 0 fully saturated rings. The molecule has 0 bridgehead atoms. The number of nitrogens with two attached hydrogens (primary N) is 1. The van der Waals surface area contributed by atoms with Crippen molar-refractivity contribution in [3.8, 4) is 0 Å². The topological polar surface area (TPSA) is 80.9 Å². The van der Waals surface area contributed by atoms with Crippen molar-refractivity contribution in [2.24, 2.45) is 11.7 Å². The van der Waals surface area contributed by atoms with E-state index in [9.17, 15) is 9.59 Å². The van der Waals surface area contributed by atoms with Crippen LogP contribution in [-0.2, 0) is 19.4 Å². The highest BCUT2D eigenvalue weighted by atomic mass is 32.1. The van der Waals surface area contributed by atoms with Crippen LogP contribution in [0.15, 0.2) is 9.59 Å². The van der Waals surface area contributed by atoms with Gasteiger partial charge in [0.2, 0.25) is 0 Å². The van der Waals surface area contributed by atoms with Crippen LogP contribution in [0.2, 0.25) is 0 Å².